The maximum atomic E-state index is 4.22. The first-order valence-corrected chi connectivity index (χ1v) is 21.0. The van der Waals surface area contributed by atoms with Crippen LogP contribution in [0.2, 0.25) is 0 Å². The molecule has 0 N–H and O–H groups in total. The van der Waals surface area contributed by atoms with E-state index in [1.54, 1.807) is 0 Å². The summed E-state index contributed by atoms with van der Waals surface area (Å²) in [6.45, 7) is 4.22. The molecule has 0 aliphatic heterocycles. The van der Waals surface area contributed by atoms with Gasteiger partial charge in [0, 0.05) is 34.1 Å². The van der Waals surface area contributed by atoms with E-state index < -0.39 is 0 Å². The van der Waals surface area contributed by atoms with E-state index in [1.165, 1.54) is 33.4 Å². The molecule has 0 aliphatic rings. The molecule has 0 unspecified atom stereocenters. The third-order valence-electron chi connectivity index (χ3n) is 11.1. The highest BCUT2D eigenvalue weighted by atomic mass is 15.1. The van der Waals surface area contributed by atoms with E-state index in [4.69, 9.17) is 0 Å². The second-order valence-electron chi connectivity index (χ2n) is 15.1. The van der Waals surface area contributed by atoms with Crippen LogP contribution in [0, 0.1) is 0 Å². The Labute approximate surface area is 366 Å². The molecule has 62 heavy (non-hydrogen) atoms. The van der Waals surface area contributed by atoms with Gasteiger partial charge in [-0.15, -0.1) is 0 Å². The van der Waals surface area contributed by atoms with Gasteiger partial charge in [0.1, 0.15) is 0 Å². The first kappa shape index (κ1) is 39.3. The highest BCUT2D eigenvalue weighted by Gasteiger charge is 2.15. The van der Waals surface area contributed by atoms with Gasteiger partial charge < -0.3 is 9.80 Å². The normalized spacial score (nSPS) is 11.3. The molecule has 0 spiro atoms. The molecule has 0 aliphatic carbocycles. The molecule has 0 fully saturated rings. The standard InChI is InChI=1S/C60H46N2/c1-2-55(25-15-16-46-26-28-50(29-27-46)47-17-7-3-8-18-47)61(56-23-13-6-14-24-56)57-38-34-53(35-39-57)54-36-44-60(45-37-54)62(58-40-30-51(31-41-58)48-19-9-4-10-20-48)59-42-32-52(33-43-59)49-21-11-5-12-22-49/h2-45H,1H2/b16-15+,55-25+. The minimum Gasteiger partial charge on any atom is -0.311 e. The largest absolute Gasteiger partial charge is 0.311 e. The Hall–Kier alpha value is -8.20. The van der Waals surface area contributed by atoms with Crippen LogP contribution < -0.4 is 9.80 Å². The average molecular weight is 795 g/mol. The zero-order valence-corrected chi connectivity index (χ0v) is 34.5. The Kier molecular flexibility index (Phi) is 11.9. The molecule has 0 heterocycles. The van der Waals surface area contributed by atoms with Crippen molar-refractivity contribution in [3.63, 3.8) is 0 Å². The van der Waals surface area contributed by atoms with Gasteiger partial charge in [-0.1, -0.05) is 201 Å². The number of anilines is 5. The van der Waals surface area contributed by atoms with E-state index in [9.17, 15) is 0 Å². The average Bonchev–Trinajstić information content (AvgIpc) is 3.36. The molecule has 0 bridgehead atoms. The van der Waals surface area contributed by atoms with Crippen molar-refractivity contribution < 1.29 is 0 Å². The first-order valence-electron chi connectivity index (χ1n) is 21.0. The van der Waals surface area contributed by atoms with Crippen LogP contribution in [0.1, 0.15) is 5.56 Å². The molecule has 0 saturated carbocycles. The third kappa shape index (κ3) is 9.01. The van der Waals surface area contributed by atoms with Crippen LogP contribution in [-0.4, -0.2) is 0 Å². The lowest BCUT2D eigenvalue weighted by atomic mass is 10.0. The Morgan fingerprint density at radius 3 is 0.952 bits per heavy atom. The zero-order valence-electron chi connectivity index (χ0n) is 34.5. The Morgan fingerprint density at radius 1 is 0.306 bits per heavy atom. The van der Waals surface area contributed by atoms with Gasteiger partial charge in [-0.05, 0) is 123 Å². The highest BCUT2D eigenvalue weighted by molar-refractivity contribution is 5.82. The van der Waals surface area contributed by atoms with Crippen molar-refractivity contribution in [2.75, 3.05) is 9.80 Å². The number of benzene rings is 9. The van der Waals surface area contributed by atoms with Crippen molar-refractivity contribution in [3.05, 3.63) is 279 Å². The van der Waals surface area contributed by atoms with Crippen molar-refractivity contribution in [2.45, 2.75) is 0 Å². The molecule has 2 nitrogen and oxygen atoms in total. The van der Waals surface area contributed by atoms with Gasteiger partial charge in [0.25, 0.3) is 0 Å². The molecule has 0 aromatic heterocycles. The monoisotopic (exact) mass is 794 g/mol. The number of nitrogens with zero attached hydrogens (tertiary/aromatic N) is 2. The Bertz CT molecular complexity index is 2800. The zero-order chi connectivity index (χ0) is 41.9. The summed E-state index contributed by atoms with van der Waals surface area (Å²) in [6, 6.07) is 86.0. The predicted octanol–water partition coefficient (Wildman–Crippen LogP) is 16.7. The summed E-state index contributed by atoms with van der Waals surface area (Å²) in [5.41, 5.74) is 17.0. The van der Waals surface area contributed by atoms with Crippen molar-refractivity contribution in [2.24, 2.45) is 0 Å². The Balaban J connectivity index is 0.981. The van der Waals surface area contributed by atoms with Crippen LogP contribution in [0.25, 0.3) is 50.6 Å². The first-order chi connectivity index (χ1) is 30.7. The fourth-order valence-electron chi connectivity index (χ4n) is 7.85. The van der Waals surface area contributed by atoms with Crippen LogP contribution in [-0.2, 0) is 0 Å². The van der Waals surface area contributed by atoms with Crippen LogP contribution in [0.15, 0.2) is 273 Å². The van der Waals surface area contributed by atoms with E-state index in [1.807, 2.05) is 18.2 Å². The molecular formula is C60H46N2. The summed E-state index contributed by atoms with van der Waals surface area (Å²) in [5.74, 6) is 0. The lowest BCUT2D eigenvalue weighted by molar-refractivity contribution is 1.21. The lowest BCUT2D eigenvalue weighted by Crippen LogP contribution is -2.14. The van der Waals surface area contributed by atoms with E-state index >= 15 is 0 Å². The van der Waals surface area contributed by atoms with Gasteiger partial charge in [0.2, 0.25) is 0 Å². The summed E-state index contributed by atoms with van der Waals surface area (Å²) >= 11 is 0. The number of hydrogen-bond donors (Lipinski definition) is 0. The smallest absolute Gasteiger partial charge is 0.0462 e. The van der Waals surface area contributed by atoms with Gasteiger partial charge in [-0.2, -0.15) is 0 Å². The van der Waals surface area contributed by atoms with Crippen LogP contribution >= 0.6 is 0 Å². The molecule has 296 valence electrons. The molecule has 2 heteroatoms. The predicted molar refractivity (Wildman–Crippen MR) is 265 cm³/mol. The molecule has 0 saturated heterocycles. The number of allylic oxidation sites excluding steroid dienone is 3. The molecule has 9 rings (SSSR count). The van der Waals surface area contributed by atoms with Crippen molar-refractivity contribution >= 4 is 34.5 Å². The van der Waals surface area contributed by atoms with Crippen molar-refractivity contribution in [1.82, 2.24) is 0 Å². The summed E-state index contributed by atoms with van der Waals surface area (Å²) in [4.78, 5) is 4.57. The summed E-state index contributed by atoms with van der Waals surface area (Å²) in [6.07, 6.45) is 8.26. The number of rotatable bonds is 13. The van der Waals surface area contributed by atoms with Crippen molar-refractivity contribution in [3.8, 4) is 44.5 Å². The molecule has 0 radical (unpaired) electrons. The summed E-state index contributed by atoms with van der Waals surface area (Å²) < 4.78 is 0. The van der Waals surface area contributed by atoms with E-state index in [0.29, 0.717) is 0 Å². The molecule has 0 atom stereocenters. The second kappa shape index (κ2) is 18.8. The highest BCUT2D eigenvalue weighted by Crippen LogP contribution is 2.38. The quantitative estimate of drug-likeness (QED) is 0.107. The molecule has 0 amide bonds. The van der Waals surface area contributed by atoms with Crippen LogP contribution in [0.4, 0.5) is 28.4 Å². The third-order valence-corrected chi connectivity index (χ3v) is 11.1. The fraction of sp³-hybridized carbons (Fsp3) is 0. The van der Waals surface area contributed by atoms with E-state index in [0.717, 1.165) is 50.8 Å². The van der Waals surface area contributed by atoms with Crippen LogP contribution in [0.5, 0.6) is 0 Å². The SMILES string of the molecule is C=C/C(=C\C=C\c1ccc(-c2ccccc2)cc1)N(c1ccccc1)c1ccc(-c2ccc(N(c3ccc(-c4ccccc4)cc3)c3ccc(-c4ccccc4)cc3)cc2)cc1. The lowest BCUT2D eigenvalue weighted by Gasteiger charge is -2.27. The molecular weight excluding hydrogens is 749 g/mol. The van der Waals surface area contributed by atoms with Gasteiger partial charge in [0.15, 0.2) is 0 Å². The van der Waals surface area contributed by atoms with Crippen LogP contribution in [0.3, 0.4) is 0 Å². The number of para-hydroxylation sites is 1. The minimum absolute atomic E-state index is 0.971. The second-order valence-corrected chi connectivity index (χ2v) is 15.1. The summed E-state index contributed by atoms with van der Waals surface area (Å²) in [7, 11) is 0. The van der Waals surface area contributed by atoms with Gasteiger partial charge in [-0.3, -0.25) is 0 Å². The molecule has 9 aromatic carbocycles. The van der Waals surface area contributed by atoms with E-state index in [-0.39, 0.29) is 0 Å². The van der Waals surface area contributed by atoms with E-state index in [2.05, 4.69) is 265 Å². The Morgan fingerprint density at radius 2 is 0.597 bits per heavy atom. The summed E-state index contributed by atoms with van der Waals surface area (Å²) in [5, 5.41) is 0. The maximum absolute atomic E-state index is 4.22. The van der Waals surface area contributed by atoms with Gasteiger partial charge >= 0.3 is 0 Å². The van der Waals surface area contributed by atoms with Gasteiger partial charge in [0.05, 0.1) is 0 Å². The number of hydrogen-bond acceptors (Lipinski definition) is 2. The fourth-order valence-corrected chi connectivity index (χ4v) is 7.85. The topological polar surface area (TPSA) is 6.48 Å². The molecule has 9 aromatic rings. The maximum Gasteiger partial charge on any atom is 0.0462 e. The van der Waals surface area contributed by atoms with Crippen molar-refractivity contribution in [1.29, 1.82) is 0 Å². The minimum atomic E-state index is 0.971. The van der Waals surface area contributed by atoms with Gasteiger partial charge in [-0.25, -0.2) is 0 Å².